The molecule has 0 amide bonds. The van der Waals surface area contributed by atoms with Crippen LogP contribution >= 0.6 is 0 Å². The number of hydrogen-bond acceptors (Lipinski definition) is 5. The van der Waals surface area contributed by atoms with Gasteiger partial charge in [-0.25, -0.2) is 9.18 Å². The Morgan fingerprint density at radius 3 is 2.65 bits per heavy atom. The minimum absolute atomic E-state index is 0.0406. The number of fused-ring (bicyclic) bond motifs is 1. The molecule has 1 aromatic heterocycles. The molecular weight excluding hydrogens is 337 g/mol. The number of ether oxygens (including phenoxy) is 1. The van der Waals surface area contributed by atoms with Crippen LogP contribution in [0.15, 0.2) is 51.7 Å². The first kappa shape index (κ1) is 17.9. The first-order valence-corrected chi connectivity index (χ1v) is 8.30. The highest BCUT2D eigenvalue weighted by atomic mass is 19.1. The number of benzene rings is 2. The lowest BCUT2D eigenvalue weighted by Gasteiger charge is -2.21. The van der Waals surface area contributed by atoms with Gasteiger partial charge >= 0.3 is 5.63 Å². The van der Waals surface area contributed by atoms with Crippen molar-refractivity contribution in [3.63, 3.8) is 0 Å². The monoisotopic (exact) mass is 357 g/mol. The Morgan fingerprint density at radius 2 is 1.96 bits per heavy atom. The van der Waals surface area contributed by atoms with E-state index in [0.29, 0.717) is 25.2 Å². The first-order valence-electron chi connectivity index (χ1n) is 8.30. The second-order valence-corrected chi connectivity index (χ2v) is 6.04. The molecule has 0 aliphatic carbocycles. The Balaban J connectivity index is 1.87. The van der Waals surface area contributed by atoms with Crippen LogP contribution in [0.3, 0.4) is 0 Å². The fourth-order valence-corrected chi connectivity index (χ4v) is 2.94. The highest BCUT2D eigenvalue weighted by molar-refractivity contribution is 5.81. The molecule has 1 heterocycles. The summed E-state index contributed by atoms with van der Waals surface area (Å²) in [5.41, 5.74) is 1.49. The predicted octanol–water partition coefficient (Wildman–Crippen LogP) is 3.67. The normalized spacial score (nSPS) is 11.2. The summed E-state index contributed by atoms with van der Waals surface area (Å²) in [7, 11) is 1.43. The number of aromatic hydroxyl groups is 1. The molecule has 26 heavy (non-hydrogen) atoms. The molecule has 0 radical (unpaired) electrons. The zero-order valence-corrected chi connectivity index (χ0v) is 14.7. The zero-order valence-electron chi connectivity index (χ0n) is 14.7. The van der Waals surface area contributed by atoms with Gasteiger partial charge in [0, 0.05) is 30.6 Å². The van der Waals surface area contributed by atoms with Crippen LogP contribution in [0.2, 0.25) is 0 Å². The van der Waals surface area contributed by atoms with Gasteiger partial charge in [-0.05, 0) is 41.9 Å². The van der Waals surface area contributed by atoms with E-state index in [4.69, 9.17) is 9.15 Å². The maximum absolute atomic E-state index is 13.9. The molecule has 0 aliphatic heterocycles. The molecule has 0 aliphatic rings. The summed E-state index contributed by atoms with van der Waals surface area (Å²) in [6.07, 6.45) is 0. The van der Waals surface area contributed by atoms with Crippen molar-refractivity contribution in [1.82, 2.24) is 4.90 Å². The summed E-state index contributed by atoms with van der Waals surface area (Å²) in [5.74, 6) is -0.149. The second kappa shape index (κ2) is 7.58. The zero-order chi connectivity index (χ0) is 18.7. The van der Waals surface area contributed by atoms with Gasteiger partial charge in [0.1, 0.15) is 11.3 Å². The van der Waals surface area contributed by atoms with E-state index in [1.165, 1.54) is 25.3 Å². The Kier molecular flexibility index (Phi) is 5.23. The lowest BCUT2D eigenvalue weighted by atomic mass is 10.1. The van der Waals surface area contributed by atoms with Crippen LogP contribution in [-0.4, -0.2) is 23.7 Å². The van der Waals surface area contributed by atoms with E-state index in [2.05, 4.69) is 4.90 Å². The Morgan fingerprint density at radius 1 is 1.15 bits per heavy atom. The van der Waals surface area contributed by atoms with Crippen molar-refractivity contribution in [3.8, 4) is 11.5 Å². The molecule has 3 aromatic rings. The van der Waals surface area contributed by atoms with Crippen molar-refractivity contribution >= 4 is 11.0 Å². The van der Waals surface area contributed by atoms with Crippen LogP contribution < -0.4 is 10.4 Å². The molecule has 0 saturated heterocycles. The van der Waals surface area contributed by atoms with Crippen LogP contribution in [0.25, 0.3) is 11.0 Å². The molecule has 0 unspecified atom stereocenters. The van der Waals surface area contributed by atoms with Gasteiger partial charge in [-0.1, -0.05) is 13.0 Å². The molecule has 1 N–H and O–H groups in total. The average molecular weight is 357 g/mol. The van der Waals surface area contributed by atoms with Gasteiger partial charge in [-0.2, -0.15) is 0 Å². The highest BCUT2D eigenvalue weighted by Gasteiger charge is 2.12. The standard InChI is InChI=1S/C20H20FNO4/c1-3-22(11-13-4-7-18(25-2)17(21)8-13)12-14-9-20(24)26-19-10-15(23)5-6-16(14)19/h4-10,23H,3,11-12H2,1-2H3. The van der Waals surface area contributed by atoms with E-state index in [9.17, 15) is 14.3 Å². The third-order valence-corrected chi connectivity index (χ3v) is 4.28. The second-order valence-electron chi connectivity index (χ2n) is 6.04. The summed E-state index contributed by atoms with van der Waals surface area (Å²) in [6, 6.07) is 11.0. The molecule has 0 bridgehead atoms. The summed E-state index contributed by atoms with van der Waals surface area (Å²) in [6.45, 7) is 3.74. The van der Waals surface area contributed by atoms with Crippen LogP contribution in [-0.2, 0) is 13.1 Å². The van der Waals surface area contributed by atoms with E-state index in [0.717, 1.165) is 16.5 Å². The van der Waals surface area contributed by atoms with Crippen molar-refractivity contribution in [2.24, 2.45) is 0 Å². The fraction of sp³-hybridized carbons (Fsp3) is 0.250. The summed E-state index contributed by atoms with van der Waals surface area (Å²) >= 11 is 0. The van der Waals surface area contributed by atoms with Crippen molar-refractivity contribution < 1.29 is 18.7 Å². The number of rotatable bonds is 6. The van der Waals surface area contributed by atoms with Gasteiger partial charge in [-0.15, -0.1) is 0 Å². The molecule has 5 nitrogen and oxygen atoms in total. The number of methoxy groups -OCH3 is 1. The highest BCUT2D eigenvalue weighted by Crippen LogP contribution is 2.24. The minimum Gasteiger partial charge on any atom is -0.508 e. The number of hydrogen-bond donors (Lipinski definition) is 1. The molecule has 0 spiro atoms. The number of halogens is 1. The van der Waals surface area contributed by atoms with E-state index >= 15 is 0 Å². The number of nitrogens with zero attached hydrogens (tertiary/aromatic N) is 1. The average Bonchev–Trinajstić information content (AvgIpc) is 2.60. The lowest BCUT2D eigenvalue weighted by molar-refractivity contribution is 0.271. The largest absolute Gasteiger partial charge is 0.508 e. The third kappa shape index (κ3) is 3.86. The van der Waals surface area contributed by atoms with Crippen molar-refractivity contribution in [2.75, 3.05) is 13.7 Å². The SMILES string of the molecule is CCN(Cc1ccc(OC)c(F)c1)Cc1cc(=O)oc2cc(O)ccc12. The van der Waals surface area contributed by atoms with Crippen LogP contribution in [0.4, 0.5) is 4.39 Å². The quantitative estimate of drug-likeness (QED) is 0.682. The van der Waals surface area contributed by atoms with E-state index < -0.39 is 11.4 Å². The molecule has 0 fully saturated rings. The smallest absolute Gasteiger partial charge is 0.336 e. The molecule has 0 saturated carbocycles. The topological polar surface area (TPSA) is 62.9 Å². The Bertz CT molecular complexity index is 983. The van der Waals surface area contributed by atoms with E-state index in [-0.39, 0.29) is 11.5 Å². The molecule has 0 atom stereocenters. The van der Waals surface area contributed by atoms with Crippen LogP contribution in [0, 0.1) is 5.82 Å². The predicted molar refractivity (Wildman–Crippen MR) is 96.9 cm³/mol. The van der Waals surface area contributed by atoms with Crippen LogP contribution in [0.5, 0.6) is 11.5 Å². The summed E-state index contributed by atoms with van der Waals surface area (Å²) < 4.78 is 24.0. The Hall–Kier alpha value is -2.86. The molecule has 136 valence electrons. The lowest BCUT2D eigenvalue weighted by Crippen LogP contribution is -2.23. The maximum atomic E-state index is 13.9. The summed E-state index contributed by atoms with van der Waals surface area (Å²) in [4.78, 5) is 13.9. The minimum atomic E-state index is -0.468. The van der Waals surface area contributed by atoms with Gasteiger partial charge < -0.3 is 14.3 Å². The van der Waals surface area contributed by atoms with Crippen molar-refractivity contribution in [3.05, 3.63) is 69.8 Å². The molecule has 6 heteroatoms. The fourth-order valence-electron chi connectivity index (χ4n) is 2.94. The number of phenolic OH excluding ortho intramolecular Hbond substituents is 1. The first-order chi connectivity index (χ1) is 12.5. The molecular formula is C20H20FNO4. The maximum Gasteiger partial charge on any atom is 0.336 e. The molecule has 2 aromatic carbocycles. The van der Waals surface area contributed by atoms with Gasteiger partial charge in [0.25, 0.3) is 0 Å². The van der Waals surface area contributed by atoms with Crippen molar-refractivity contribution in [1.29, 1.82) is 0 Å². The van der Waals surface area contributed by atoms with E-state index in [1.807, 2.05) is 13.0 Å². The van der Waals surface area contributed by atoms with Gasteiger partial charge in [0.05, 0.1) is 7.11 Å². The van der Waals surface area contributed by atoms with Crippen LogP contribution in [0.1, 0.15) is 18.1 Å². The molecule has 3 rings (SSSR count). The van der Waals surface area contributed by atoms with Gasteiger partial charge in [0.15, 0.2) is 11.6 Å². The van der Waals surface area contributed by atoms with E-state index in [1.54, 1.807) is 18.2 Å². The summed E-state index contributed by atoms with van der Waals surface area (Å²) in [5, 5.41) is 10.4. The van der Waals surface area contributed by atoms with Crippen molar-refractivity contribution in [2.45, 2.75) is 20.0 Å². The third-order valence-electron chi connectivity index (χ3n) is 4.28. The Labute approximate surface area is 150 Å². The van der Waals surface area contributed by atoms with Gasteiger partial charge in [-0.3, -0.25) is 4.90 Å². The van der Waals surface area contributed by atoms with Gasteiger partial charge in [0.2, 0.25) is 0 Å². The number of phenols is 1.